The number of aryl methyl sites for hydroxylation is 1. The predicted octanol–water partition coefficient (Wildman–Crippen LogP) is 3.17. The monoisotopic (exact) mass is 349 g/mol. The highest BCUT2D eigenvalue weighted by Crippen LogP contribution is 2.23. The molecule has 0 saturated carbocycles. The van der Waals surface area contributed by atoms with Crippen LogP contribution >= 0.6 is 0 Å². The van der Waals surface area contributed by atoms with Crippen molar-refractivity contribution in [3.8, 4) is 0 Å². The van der Waals surface area contributed by atoms with Crippen molar-refractivity contribution < 1.29 is 13.9 Å². The summed E-state index contributed by atoms with van der Waals surface area (Å²) in [7, 11) is 0. The number of benzene rings is 2. The first-order valence-corrected chi connectivity index (χ1v) is 8.64. The molecule has 5 nitrogen and oxygen atoms in total. The molecule has 0 amide bonds. The van der Waals surface area contributed by atoms with E-state index in [0.717, 1.165) is 29.7 Å². The molecule has 5 heteroatoms. The van der Waals surface area contributed by atoms with Crippen molar-refractivity contribution in [2.75, 3.05) is 31.2 Å². The third kappa shape index (κ3) is 3.13. The fraction of sp³-hybridized carbons (Fsp3) is 0.238. The number of morpholine rings is 1. The van der Waals surface area contributed by atoms with Gasteiger partial charge in [0.15, 0.2) is 5.78 Å². The van der Waals surface area contributed by atoms with E-state index in [4.69, 9.17) is 9.15 Å². The maximum atomic E-state index is 12.7. The molecule has 1 aliphatic heterocycles. The van der Waals surface area contributed by atoms with Crippen LogP contribution in [0, 0.1) is 6.92 Å². The predicted molar refractivity (Wildman–Crippen MR) is 100 cm³/mol. The Morgan fingerprint density at radius 3 is 2.62 bits per heavy atom. The minimum Gasteiger partial charge on any atom is -0.422 e. The molecule has 1 aromatic heterocycles. The topological polar surface area (TPSA) is 59.8 Å². The van der Waals surface area contributed by atoms with Crippen LogP contribution in [0.15, 0.2) is 57.7 Å². The van der Waals surface area contributed by atoms with Crippen LogP contribution in [0.3, 0.4) is 0 Å². The summed E-state index contributed by atoms with van der Waals surface area (Å²) in [6.07, 6.45) is 0. The third-order valence-electron chi connectivity index (χ3n) is 4.62. The zero-order valence-electron chi connectivity index (χ0n) is 14.5. The van der Waals surface area contributed by atoms with Gasteiger partial charge in [-0.2, -0.15) is 0 Å². The molecule has 1 saturated heterocycles. The smallest absolute Gasteiger partial charge is 0.347 e. The number of carbonyl (C=O) groups excluding carboxylic acids is 1. The molecule has 0 bridgehead atoms. The zero-order valence-corrected chi connectivity index (χ0v) is 14.5. The van der Waals surface area contributed by atoms with Gasteiger partial charge in [-0.1, -0.05) is 23.8 Å². The van der Waals surface area contributed by atoms with Crippen molar-refractivity contribution in [3.05, 3.63) is 75.6 Å². The molecule has 0 unspecified atom stereocenters. The standard InChI is InChI=1S/C21H19NO4/c1-14-3-2-4-16(11-14)20(23)18-12-15-5-6-17(13-19(15)26-21(18)24)22-7-9-25-10-8-22/h2-6,11-13H,7-10H2,1H3. The summed E-state index contributed by atoms with van der Waals surface area (Å²) in [5.74, 6) is -0.318. The number of carbonyl (C=O) groups is 1. The van der Waals surface area contributed by atoms with Gasteiger partial charge < -0.3 is 14.1 Å². The van der Waals surface area contributed by atoms with E-state index in [1.807, 2.05) is 31.2 Å². The van der Waals surface area contributed by atoms with Crippen molar-refractivity contribution in [1.29, 1.82) is 0 Å². The van der Waals surface area contributed by atoms with E-state index in [-0.39, 0.29) is 11.3 Å². The summed E-state index contributed by atoms with van der Waals surface area (Å²) in [6.45, 7) is 4.89. The molecule has 0 spiro atoms. The zero-order chi connectivity index (χ0) is 18.1. The number of hydrogen-bond acceptors (Lipinski definition) is 5. The highest BCUT2D eigenvalue weighted by atomic mass is 16.5. The Morgan fingerprint density at radius 1 is 1.04 bits per heavy atom. The largest absolute Gasteiger partial charge is 0.422 e. The maximum absolute atomic E-state index is 12.7. The molecule has 2 heterocycles. The summed E-state index contributed by atoms with van der Waals surface area (Å²) in [6, 6.07) is 14.5. The second kappa shape index (κ2) is 6.77. The number of ketones is 1. The summed E-state index contributed by atoms with van der Waals surface area (Å²) >= 11 is 0. The number of fused-ring (bicyclic) bond motifs is 1. The molecule has 0 radical (unpaired) electrons. The minimum atomic E-state index is -0.608. The number of rotatable bonds is 3. The van der Waals surface area contributed by atoms with Crippen LogP contribution in [0.1, 0.15) is 21.5 Å². The van der Waals surface area contributed by atoms with Crippen molar-refractivity contribution in [3.63, 3.8) is 0 Å². The molecular formula is C21H19NO4. The molecule has 0 N–H and O–H groups in total. The van der Waals surface area contributed by atoms with Crippen molar-refractivity contribution in [2.24, 2.45) is 0 Å². The van der Waals surface area contributed by atoms with E-state index in [0.29, 0.717) is 24.4 Å². The Kier molecular flexibility index (Phi) is 4.31. The number of nitrogens with zero attached hydrogens (tertiary/aromatic N) is 1. The van der Waals surface area contributed by atoms with Crippen LogP contribution in [0.25, 0.3) is 11.0 Å². The van der Waals surface area contributed by atoms with E-state index < -0.39 is 5.63 Å². The van der Waals surface area contributed by atoms with Crippen molar-refractivity contribution in [1.82, 2.24) is 0 Å². The van der Waals surface area contributed by atoms with Crippen LogP contribution in [0.4, 0.5) is 5.69 Å². The van der Waals surface area contributed by atoms with Crippen molar-refractivity contribution >= 4 is 22.4 Å². The third-order valence-corrected chi connectivity index (χ3v) is 4.62. The maximum Gasteiger partial charge on any atom is 0.347 e. The summed E-state index contributed by atoms with van der Waals surface area (Å²) < 4.78 is 10.8. The van der Waals surface area contributed by atoms with Crippen molar-refractivity contribution in [2.45, 2.75) is 6.92 Å². The van der Waals surface area contributed by atoms with Crippen LogP contribution in [-0.2, 0) is 4.74 Å². The molecule has 132 valence electrons. The second-order valence-electron chi connectivity index (χ2n) is 6.47. The van der Waals surface area contributed by atoms with Gasteiger partial charge in [-0.15, -0.1) is 0 Å². The lowest BCUT2D eigenvalue weighted by Crippen LogP contribution is -2.36. The van der Waals surface area contributed by atoms with E-state index in [2.05, 4.69) is 4.90 Å². The van der Waals surface area contributed by atoms with Gasteiger partial charge in [0.1, 0.15) is 11.1 Å². The van der Waals surface area contributed by atoms with Gasteiger partial charge in [-0.3, -0.25) is 4.79 Å². The average molecular weight is 349 g/mol. The van der Waals surface area contributed by atoms with Crippen LogP contribution in [0.2, 0.25) is 0 Å². The molecule has 0 atom stereocenters. The van der Waals surface area contributed by atoms with E-state index in [1.165, 1.54) is 0 Å². The molecule has 2 aromatic carbocycles. The minimum absolute atomic E-state index is 0.0576. The van der Waals surface area contributed by atoms with Crippen LogP contribution in [-0.4, -0.2) is 32.1 Å². The van der Waals surface area contributed by atoms with Gasteiger partial charge in [-0.25, -0.2) is 4.79 Å². The van der Waals surface area contributed by atoms with Gasteiger partial charge in [0.2, 0.25) is 0 Å². The van der Waals surface area contributed by atoms with Gasteiger partial charge in [0.05, 0.1) is 13.2 Å². The SMILES string of the molecule is Cc1cccc(C(=O)c2cc3ccc(N4CCOCC4)cc3oc2=O)c1. The molecular weight excluding hydrogens is 330 g/mol. The number of hydrogen-bond donors (Lipinski definition) is 0. The number of ether oxygens (including phenoxy) is 1. The van der Waals surface area contributed by atoms with E-state index in [9.17, 15) is 9.59 Å². The first-order valence-electron chi connectivity index (χ1n) is 8.64. The molecule has 0 aliphatic carbocycles. The lowest BCUT2D eigenvalue weighted by molar-refractivity contribution is 0.103. The molecule has 1 aliphatic rings. The highest BCUT2D eigenvalue weighted by molar-refractivity contribution is 6.10. The fourth-order valence-electron chi connectivity index (χ4n) is 3.22. The summed E-state index contributed by atoms with van der Waals surface area (Å²) in [5, 5.41) is 0.734. The fourth-order valence-corrected chi connectivity index (χ4v) is 3.22. The van der Waals surface area contributed by atoms with Crippen LogP contribution in [0.5, 0.6) is 0 Å². The molecule has 4 rings (SSSR count). The Bertz CT molecular complexity index is 1030. The van der Waals surface area contributed by atoms with Gasteiger partial charge >= 0.3 is 5.63 Å². The van der Waals surface area contributed by atoms with Gasteiger partial charge in [-0.05, 0) is 31.2 Å². The van der Waals surface area contributed by atoms with Gasteiger partial charge in [0.25, 0.3) is 0 Å². The quantitative estimate of drug-likeness (QED) is 0.537. The number of anilines is 1. The second-order valence-corrected chi connectivity index (χ2v) is 6.47. The Hall–Kier alpha value is -2.92. The van der Waals surface area contributed by atoms with E-state index in [1.54, 1.807) is 24.3 Å². The Morgan fingerprint density at radius 2 is 1.85 bits per heavy atom. The first-order chi connectivity index (χ1) is 12.6. The highest BCUT2D eigenvalue weighted by Gasteiger charge is 2.17. The Labute approximate surface area is 150 Å². The molecule has 26 heavy (non-hydrogen) atoms. The lowest BCUT2D eigenvalue weighted by atomic mass is 10.0. The lowest BCUT2D eigenvalue weighted by Gasteiger charge is -2.28. The molecule has 1 fully saturated rings. The average Bonchev–Trinajstić information content (AvgIpc) is 2.67. The van der Waals surface area contributed by atoms with Gasteiger partial charge in [0, 0.05) is 35.8 Å². The first kappa shape index (κ1) is 16.5. The Balaban J connectivity index is 1.72. The van der Waals surface area contributed by atoms with Crippen LogP contribution < -0.4 is 10.5 Å². The summed E-state index contributed by atoms with van der Waals surface area (Å²) in [4.78, 5) is 27.3. The summed E-state index contributed by atoms with van der Waals surface area (Å²) in [5.41, 5.74) is 2.38. The normalized spacial score (nSPS) is 14.6. The molecule has 3 aromatic rings. The van der Waals surface area contributed by atoms with E-state index >= 15 is 0 Å².